The molecule has 1 aliphatic heterocycles. The van der Waals surface area contributed by atoms with Crippen LogP contribution in [0.15, 0.2) is 40.9 Å². The minimum absolute atomic E-state index is 0.0359. The van der Waals surface area contributed by atoms with Gasteiger partial charge >= 0.3 is 0 Å². The highest BCUT2D eigenvalue weighted by Gasteiger charge is 2.29. The smallest absolute Gasteiger partial charge is 0.259 e. The molecule has 3 rings (SSSR count). The second-order valence-corrected chi connectivity index (χ2v) is 6.67. The Morgan fingerprint density at radius 2 is 1.91 bits per heavy atom. The minimum Gasteiger partial charge on any atom is -0.307 e. The molecule has 2 aromatic carbocycles. The SMILES string of the molecule is O=C1CCN(C(=O)c2ccc(Cl)cc2Cl)c2cc(Br)ccc21. The number of nitrogens with zero attached hydrogens (tertiary/aromatic N) is 1. The first-order valence-corrected chi connectivity index (χ1v) is 8.12. The van der Waals surface area contributed by atoms with Crippen LogP contribution in [0, 0.1) is 0 Å². The molecule has 0 saturated heterocycles. The first-order valence-electron chi connectivity index (χ1n) is 6.57. The van der Waals surface area contributed by atoms with E-state index in [1.807, 2.05) is 0 Å². The topological polar surface area (TPSA) is 37.4 Å². The Labute approximate surface area is 145 Å². The Balaban J connectivity index is 2.06. The summed E-state index contributed by atoms with van der Waals surface area (Å²) in [6, 6.07) is 10.0. The zero-order valence-corrected chi connectivity index (χ0v) is 14.4. The van der Waals surface area contributed by atoms with Crippen LogP contribution in [0.25, 0.3) is 0 Å². The van der Waals surface area contributed by atoms with Gasteiger partial charge in [0.1, 0.15) is 0 Å². The van der Waals surface area contributed by atoms with Crippen molar-refractivity contribution in [2.75, 3.05) is 11.4 Å². The predicted octanol–water partition coefficient (Wildman–Crippen LogP) is 4.99. The molecule has 0 radical (unpaired) electrons. The van der Waals surface area contributed by atoms with Crippen molar-refractivity contribution in [3.8, 4) is 0 Å². The quantitative estimate of drug-likeness (QED) is 0.678. The number of anilines is 1. The van der Waals surface area contributed by atoms with E-state index in [1.165, 1.54) is 6.07 Å². The average molecular weight is 399 g/mol. The summed E-state index contributed by atoms with van der Waals surface area (Å²) >= 11 is 15.4. The van der Waals surface area contributed by atoms with Gasteiger partial charge in [-0.3, -0.25) is 9.59 Å². The number of fused-ring (bicyclic) bond motifs is 1. The Kier molecular flexibility index (Phi) is 4.26. The third kappa shape index (κ3) is 2.78. The molecule has 0 N–H and O–H groups in total. The van der Waals surface area contributed by atoms with Gasteiger partial charge < -0.3 is 4.90 Å². The van der Waals surface area contributed by atoms with E-state index in [2.05, 4.69) is 15.9 Å². The van der Waals surface area contributed by atoms with E-state index in [9.17, 15) is 9.59 Å². The molecule has 1 heterocycles. The van der Waals surface area contributed by atoms with Crippen molar-refractivity contribution in [3.63, 3.8) is 0 Å². The highest BCUT2D eigenvalue weighted by atomic mass is 79.9. The van der Waals surface area contributed by atoms with Gasteiger partial charge in [0.2, 0.25) is 0 Å². The highest BCUT2D eigenvalue weighted by molar-refractivity contribution is 9.10. The fraction of sp³-hybridized carbons (Fsp3) is 0.125. The molecule has 0 bridgehead atoms. The number of halogens is 3. The fourth-order valence-corrected chi connectivity index (χ4v) is 3.29. The van der Waals surface area contributed by atoms with Gasteiger partial charge in [-0.2, -0.15) is 0 Å². The maximum Gasteiger partial charge on any atom is 0.259 e. The maximum absolute atomic E-state index is 12.8. The average Bonchev–Trinajstić information content (AvgIpc) is 2.47. The minimum atomic E-state index is -0.242. The van der Waals surface area contributed by atoms with Gasteiger partial charge in [-0.15, -0.1) is 0 Å². The molecule has 0 atom stereocenters. The van der Waals surface area contributed by atoms with Crippen molar-refractivity contribution in [1.29, 1.82) is 0 Å². The van der Waals surface area contributed by atoms with Gasteiger partial charge in [0, 0.05) is 28.0 Å². The molecule has 0 spiro atoms. The molecule has 0 fully saturated rings. The first kappa shape index (κ1) is 15.5. The van der Waals surface area contributed by atoms with E-state index in [0.717, 1.165) is 4.47 Å². The number of carbonyl (C=O) groups is 2. The van der Waals surface area contributed by atoms with Crippen molar-refractivity contribution in [2.24, 2.45) is 0 Å². The lowest BCUT2D eigenvalue weighted by Crippen LogP contribution is -2.37. The summed E-state index contributed by atoms with van der Waals surface area (Å²) in [6.45, 7) is 0.333. The maximum atomic E-state index is 12.8. The number of hydrogen-bond donors (Lipinski definition) is 0. The van der Waals surface area contributed by atoms with Crippen molar-refractivity contribution < 1.29 is 9.59 Å². The summed E-state index contributed by atoms with van der Waals surface area (Å²) in [5, 5.41) is 0.768. The van der Waals surface area contributed by atoms with Crippen LogP contribution in [0.5, 0.6) is 0 Å². The number of amides is 1. The lowest BCUT2D eigenvalue weighted by Gasteiger charge is -2.29. The van der Waals surface area contributed by atoms with E-state index in [0.29, 0.717) is 39.8 Å². The fourth-order valence-electron chi connectivity index (χ4n) is 2.45. The molecule has 112 valence electrons. The molecule has 1 aliphatic rings. The number of rotatable bonds is 1. The zero-order chi connectivity index (χ0) is 15.9. The Hall–Kier alpha value is -1.36. The van der Waals surface area contributed by atoms with Crippen molar-refractivity contribution in [3.05, 3.63) is 62.0 Å². The summed E-state index contributed by atoms with van der Waals surface area (Å²) in [5.41, 5.74) is 1.51. The van der Waals surface area contributed by atoms with E-state index in [-0.39, 0.29) is 11.7 Å². The third-order valence-electron chi connectivity index (χ3n) is 3.52. The Bertz CT molecular complexity index is 792. The Morgan fingerprint density at radius 1 is 1.14 bits per heavy atom. The molecule has 0 saturated carbocycles. The normalized spacial score (nSPS) is 14.0. The summed E-state index contributed by atoms with van der Waals surface area (Å²) < 4.78 is 0.806. The van der Waals surface area contributed by atoms with Crippen LogP contribution < -0.4 is 4.90 Å². The molecule has 6 heteroatoms. The number of hydrogen-bond acceptors (Lipinski definition) is 2. The van der Waals surface area contributed by atoms with Crippen LogP contribution in [0.4, 0.5) is 5.69 Å². The number of ketones is 1. The molecule has 22 heavy (non-hydrogen) atoms. The largest absolute Gasteiger partial charge is 0.307 e. The van der Waals surface area contributed by atoms with Gasteiger partial charge in [0.05, 0.1) is 16.3 Å². The molecule has 3 nitrogen and oxygen atoms in total. The van der Waals surface area contributed by atoms with E-state index >= 15 is 0 Å². The van der Waals surface area contributed by atoms with Crippen LogP contribution >= 0.6 is 39.1 Å². The standard InChI is InChI=1S/C16H10BrCl2NO2/c17-9-1-3-12-14(7-9)20(6-5-15(12)21)16(22)11-4-2-10(18)8-13(11)19/h1-4,7-8H,5-6H2. The zero-order valence-electron chi connectivity index (χ0n) is 11.3. The number of Topliss-reactive ketones (excluding diaryl/α,β-unsaturated/α-hetero) is 1. The number of benzene rings is 2. The lowest BCUT2D eigenvalue weighted by molar-refractivity contribution is 0.0955. The summed E-state index contributed by atoms with van der Waals surface area (Å²) in [7, 11) is 0. The molecule has 2 aromatic rings. The molecular weight excluding hydrogens is 389 g/mol. The lowest BCUT2D eigenvalue weighted by atomic mass is 9.99. The second kappa shape index (κ2) is 6.03. The van der Waals surface area contributed by atoms with Crippen LogP contribution in [0.1, 0.15) is 27.1 Å². The van der Waals surface area contributed by atoms with Gasteiger partial charge in [-0.1, -0.05) is 39.1 Å². The molecule has 0 aliphatic carbocycles. The molecule has 1 amide bonds. The van der Waals surface area contributed by atoms with E-state index in [1.54, 1.807) is 35.2 Å². The monoisotopic (exact) mass is 397 g/mol. The van der Waals surface area contributed by atoms with Crippen molar-refractivity contribution in [2.45, 2.75) is 6.42 Å². The second-order valence-electron chi connectivity index (χ2n) is 4.92. The summed E-state index contributed by atoms with van der Waals surface area (Å²) in [4.78, 5) is 26.4. The third-order valence-corrected chi connectivity index (χ3v) is 4.56. The Morgan fingerprint density at radius 3 is 2.64 bits per heavy atom. The van der Waals surface area contributed by atoms with Gasteiger partial charge in [0.25, 0.3) is 5.91 Å². The van der Waals surface area contributed by atoms with Crippen molar-refractivity contribution in [1.82, 2.24) is 0 Å². The number of carbonyl (C=O) groups excluding carboxylic acids is 2. The summed E-state index contributed by atoms with van der Waals surface area (Å²) in [6.07, 6.45) is 0.297. The first-order chi connectivity index (χ1) is 10.5. The highest BCUT2D eigenvalue weighted by Crippen LogP contribution is 2.32. The van der Waals surface area contributed by atoms with Crippen molar-refractivity contribution >= 4 is 56.5 Å². The predicted molar refractivity (Wildman–Crippen MR) is 91.2 cm³/mol. The van der Waals surface area contributed by atoms with Gasteiger partial charge in [0.15, 0.2) is 5.78 Å². The molecular formula is C16H10BrCl2NO2. The van der Waals surface area contributed by atoms with E-state index < -0.39 is 0 Å². The van der Waals surface area contributed by atoms with Crippen LogP contribution in [0.2, 0.25) is 10.0 Å². The molecule has 0 unspecified atom stereocenters. The summed E-state index contributed by atoms with van der Waals surface area (Å²) in [5.74, 6) is -0.206. The van der Waals surface area contributed by atoms with Gasteiger partial charge in [-0.05, 0) is 36.4 Å². The van der Waals surface area contributed by atoms with E-state index in [4.69, 9.17) is 23.2 Å². The van der Waals surface area contributed by atoms with Crippen LogP contribution in [-0.2, 0) is 0 Å². The van der Waals surface area contributed by atoms with Crippen LogP contribution in [0.3, 0.4) is 0 Å². The van der Waals surface area contributed by atoms with Crippen LogP contribution in [-0.4, -0.2) is 18.2 Å². The molecule has 0 aromatic heterocycles. The van der Waals surface area contributed by atoms with Gasteiger partial charge in [-0.25, -0.2) is 0 Å².